The Morgan fingerprint density at radius 3 is 2.69 bits per heavy atom. The fraction of sp³-hybridized carbons (Fsp3) is 0.583. The summed E-state index contributed by atoms with van der Waals surface area (Å²) in [6.45, 7) is 7.34. The molecule has 0 aliphatic heterocycles. The van der Waals surface area contributed by atoms with E-state index in [2.05, 4.69) is 11.7 Å². The third-order valence-electron chi connectivity index (χ3n) is 2.70. The molecule has 0 saturated heterocycles. The van der Waals surface area contributed by atoms with Crippen LogP contribution in [0.3, 0.4) is 0 Å². The molecule has 1 aromatic heterocycles. The van der Waals surface area contributed by atoms with Gasteiger partial charge in [0.1, 0.15) is 0 Å². The van der Waals surface area contributed by atoms with Gasteiger partial charge in [-0.2, -0.15) is 5.10 Å². The monoisotopic (exact) mass is 242 g/mol. The zero-order chi connectivity index (χ0) is 12.3. The van der Waals surface area contributed by atoms with E-state index in [1.54, 1.807) is 4.68 Å². The minimum Gasteiger partial charge on any atom is -0.390 e. The van der Waals surface area contributed by atoms with Crippen molar-refractivity contribution >= 4 is 11.6 Å². The van der Waals surface area contributed by atoms with Crippen LogP contribution in [0, 0.1) is 6.92 Å². The first kappa shape index (κ1) is 13.3. The summed E-state index contributed by atoms with van der Waals surface area (Å²) in [4.78, 5) is 0. The maximum Gasteiger partial charge on any atom is 0.0848 e. The maximum absolute atomic E-state index is 10.2. The lowest BCUT2D eigenvalue weighted by Gasteiger charge is -2.22. The van der Waals surface area contributed by atoms with Crippen LogP contribution in [0.2, 0.25) is 5.02 Å². The first-order valence-electron chi connectivity index (χ1n) is 5.38. The highest BCUT2D eigenvalue weighted by atomic mass is 35.5. The highest BCUT2D eigenvalue weighted by Crippen LogP contribution is 2.26. The highest BCUT2D eigenvalue weighted by Gasteiger charge is 2.24. The van der Waals surface area contributed by atoms with Gasteiger partial charge in [0.15, 0.2) is 0 Å². The Hall–Kier alpha value is -0.800. The Morgan fingerprint density at radius 2 is 2.25 bits per heavy atom. The molecule has 16 heavy (non-hydrogen) atoms. The van der Waals surface area contributed by atoms with Crippen LogP contribution < -0.4 is 0 Å². The molecule has 0 aliphatic carbocycles. The molecule has 0 saturated carbocycles. The van der Waals surface area contributed by atoms with Gasteiger partial charge in [0.25, 0.3) is 0 Å². The SMILES string of the molecule is C=CCCC(C)(O)Cc1c(Cl)c(C)nn1C. The lowest BCUT2D eigenvalue weighted by Crippen LogP contribution is -2.28. The van der Waals surface area contributed by atoms with Gasteiger partial charge >= 0.3 is 0 Å². The predicted octanol–water partition coefficient (Wildman–Crippen LogP) is 2.64. The molecule has 90 valence electrons. The molecule has 1 N–H and O–H groups in total. The van der Waals surface area contributed by atoms with Crippen molar-refractivity contribution in [2.75, 3.05) is 0 Å². The summed E-state index contributed by atoms with van der Waals surface area (Å²) in [5, 5.41) is 15.1. The molecule has 1 aromatic rings. The largest absolute Gasteiger partial charge is 0.390 e. The molecule has 0 amide bonds. The average Bonchev–Trinajstić information content (AvgIpc) is 2.42. The van der Waals surface area contributed by atoms with E-state index in [0.717, 1.165) is 17.8 Å². The third kappa shape index (κ3) is 3.09. The molecule has 3 nitrogen and oxygen atoms in total. The second-order valence-electron chi connectivity index (χ2n) is 4.47. The molecule has 4 heteroatoms. The fourth-order valence-corrected chi connectivity index (χ4v) is 1.96. The van der Waals surface area contributed by atoms with Crippen LogP contribution in [0.1, 0.15) is 31.2 Å². The van der Waals surface area contributed by atoms with Gasteiger partial charge in [-0.15, -0.1) is 6.58 Å². The van der Waals surface area contributed by atoms with Crippen LogP contribution in [0.15, 0.2) is 12.7 Å². The highest BCUT2D eigenvalue weighted by molar-refractivity contribution is 6.31. The van der Waals surface area contributed by atoms with E-state index in [4.69, 9.17) is 11.6 Å². The van der Waals surface area contributed by atoms with E-state index in [0.29, 0.717) is 17.9 Å². The molecular formula is C12H19ClN2O. The summed E-state index contributed by atoms with van der Waals surface area (Å²) in [6, 6.07) is 0. The summed E-state index contributed by atoms with van der Waals surface area (Å²) in [7, 11) is 1.85. The van der Waals surface area contributed by atoms with E-state index >= 15 is 0 Å². The number of aromatic nitrogens is 2. The second kappa shape index (κ2) is 5.02. The quantitative estimate of drug-likeness (QED) is 0.807. The summed E-state index contributed by atoms with van der Waals surface area (Å²) < 4.78 is 1.74. The Labute approximate surface area is 102 Å². The van der Waals surface area contributed by atoms with Crippen molar-refractivity contribution in [2.24, 2.45) is 7.05 Å². The van der Waals surface area contributed by atoms with E-state index in [1.165, 1.54) is 0 Å². The zero-order valence-corrected chi connectivity index (χ0v) is 10.9. The number of allylic oxidation sites excluding steroid dienone is 1. The Kier molecular flexibility index (Phi) is 4.16. The van der Waals surface area contributed by atoms with Crippen molar-refractivity contribution in [1.82, 2.24) is 9.78 Å². The van der Waals surface area contributed by atoms with E-state index in [9.17, 15) is 5.11 Å². The molecule has 0 radical (unpaired) electrons. The molecule has 0 aliphatic rings. The van der Waals surface area contributed by atoms with Gasteiger partial charge in [-0.3, -0.25) is 4.68 Å². The minimum absolute atomic E-state index is 0.511. The van der Waals surface area contributed by atoms with Crippen molar-refractivity contribution in [3.8, 4) is 0 Å². The molecule has 1 rings (SSSR count). The number of nitrogens with zero attached hydrogens (tertiary/aromatic N) is 2. The van der Waals surface area contributed by atoms with E-state index < -0.39 is 5.60 Å². The fourth-order valence-electron chi connectivity index (χ4n) is 1.73. The van der Waals surface area contributed by atoms with Crippen molar-refractivity contribution in [1.29, 1.82) is 0 Å². The molecule has 1 atom stereocenters. The summed E-state index contributed by atoms with van der Waals surface area (Å²) >= 11 is 6.14. The molecule has 1 heterocycles. The van der Waals surface area contributed by atoms with E-state index in [1.807, 2.05) is 27.0 Å². The Bertz CT molecular complexity index is 383. The normalized spacial score (nSPS) is 14.8. The second-order valence-corrected chi connectivity index (χ2v) is 4.85. The number of hydrogen-bond donors (Lipinski definition) is 1. The molecule has 1 unspecified atom stereocenters. The number of hydrogen-bond acceptors (Lipinski definition) is 2. The van der Waals surface area contributed by atoms with Crippen LogP contribution in [-0.2, 0) is 13.5 Å². The summed E-state index contributed by atoms with van der Waals surface area (Å²) in [5.41, 5.74) is 0.921. The standard InChI is InChI=1S/C12H19ClN2O/c1-5-6-7-12(3,16)8-10-11(13)9(2)14-15(10)4/h5,16H,1,6-8H2,2-4H3. The van der Waals surface area contributed by atoms with Gasteiger partial charge < -0.3 is 5.11 Å². The van der Waals surface area contributed by atoms with E-state index in [-0.39, 0.29) is 0 Å². The lowest BCUT2D eigenvalue weighted by atomic mass is 9.94. The minimum atomic E-state index is -0.766. The molecule has 0 spiro atoms. The van der Waals surface area contributed by atoms with Gasteiger partial charge in [0.2, 0.25) is 0 Å². The molecule has 0 fully saturated rings. The molecular weight excluding hydrogens is 224 g/mol. The predicted molar refractivity (Wildman–Crippen MR) is 66.7 cm³/mol. The van der Waals surface area contributed by atoms with Gasteiger partial charge in [-0.05, 0) is 26.7 Å². The maximum atomic E-state index is 10.2. The zero-order valence-electron chi connectivity index (χ0n) is 10.1. The smallest absolute Gasteiger partial charge is 0.0848 e. The number of aryl methyl sites for hydroxylation is 2. The van der Waals surface area contributed by atoms with Crippen molar-refractivity contribution < 1.29 is 5.11 Å². The van der Waals surface area contributed by atoms with Gasteiger partial charge in [0, 0.05) is 13.5 Å². The number of halogens is 1. The summed E-state index contributed by atoms with van der Waals surface area (Å²) in [6.07, 6.45) is 3.79. The topological polar surface area (TPSA) is 38.1 Å². The van der Waals surface area contributed by atoms with Crippen molar-refractivity contribution in [3.63, 3.8) is 0 Å². The third-order valence-corrected chi connectivity index (χ3v) is 3.19. The Balaban J connectivity index is 2.82. The average molecular weight is 243 g/mol. The number of aliphatic hydroxyl groups is 1. The molecule has 0 bridgehead atoms. The first-order valence-corrected chi connectivity index (χ1v) is 5.76. The molecule has 0 aromatic carbocycles. The Morgan fingerprint density at radius 1 is 1.62 bits per heavy atom. The number of rotatable bonds is 5. The summed E-state index contributed by atoms with van der Waals surface area (Å²) in [5.74, 6) is 0. The van der Waals surface area contributed by atoms with Crippen LogP contribution >= 0.6 is 11.6 Å². The van der Waals surface area contributed by atoms with Crippen molar-refractivity contribution in [2.45, 2.75) is 38.7 Å². The van der Waals surface area contributed by atoms with Gasteiger partial charge in [-0.25, -0.2) is 0 Å². The van der Waals surface area contributed by atoms with Crippen molar-refractivity contribution in [3.05, 3.63) is 29.1 Å². The van der Waals surface area contributed by atoms with Crippen LogP contribution in [0.4, 0.5) is 0 Å². The van der Waals surface area contributed by atoms with Crippen LogP contribution in [0.25, 0.3) is 0 Å². The van der Waals surface area contributed by atoms with Crippen LogP contribution in [-0.4, -0.2) is 20.5 Å². The first-order chi connectivity index (χ1) is 7.37. The van der Waals surface area contributed by atoms with Gasteiger partial charge in [0.05, 0.1) is 22.0 Å². The lowest BCUT2D eigenvalue weighted by molar-refractivity contribution is 0.0504. The van der Waals surface area contributed by atoms with Gasteiger partial charge in [-0.1, -0.05) is 17.7 Å². The van der Waals surface area contributed by atoms with Crippen LogP contribution in [0.5, 0.6) is 0 Å².